The monoisotopic (exact) mass is 410 g/mol. The van der Waals surface area contributed by atoms with Crippen LogP contribution in [0.4, 0.5) is 0 Å². The van der Waals surface area contributed by atoms with E-state index in [1.54, 1.807) is 24.3 Å². The topological polar surface area (TPSA) is 90.5 Å². The summed E-state index contributed by atoms with van der Waals surface area (Å²) in [7, 11) is -3.61. The summed E-state index contributed by atoms with van der Waals surface area (Å²) >= 11 is 5.06. The highest BCUT2D eigenvalue weighted by molar-refractivity contribution is 7.89. The van der Waals surface area contributed by atoms with Crippen LogP contribution in [-0.2, 0) is 14.8 Å². The SMILES string of the molecule is C=C(C)CNC(=S)NNC(=O)[C@H]1CCCN(S(=O)(=O)c2ccc(C)cc2)C1. The minimum absolute atomic E-state index is 0.148. The molecule has 0 aliphatic carbocycles. The van der Waals surface area contributed by atoms with Gasteiger partial charge in [-0.1, -0.05) is 29.8 Å². The van der Waals surface area contributed by atoms with Gasteiger partial charge in [-0.15, -0.1) is 0 Å². The number of hydrogen-bond acceptors (Lipinski definition) is 4. The molecule has 1 heterocycles. The molecule has 7 nitrogen and oxygen atoms in total. The molecular formula is C18H26N4O3S2. The Morgan fingerprint density at radius 1 is 1.30 bits per heavy atom. The van der Waals surface area contributed by atoms with E-state index in [2.05, 4.69) is 22.7 Å². The molecule has 0 aromatic heterocycles. The van der Waals surface area contributed by atoms with Crippen molar-refractivity contribution in [3.8, 4) is 0 Å². The van der Waals surface area contributed by atoms with E-state index < -0.39 is 15.9 Å². The van der Waals surface area contributed by atoms with Gasteiger partial charge in [0.25, 0.3) is 0 Å². The van der Waals surface area contributed by atoms with Gasteiger partial charge in [0.1, 0.15) is 0 Å². The molecule has 1 amide bonds. The molecule has 9 heteroatoms. The number of carbonyl (C=O) groups excluding carboxylic acids is 1. The quantitative estimate of drug-likeness (QED) is 0.387. The first kappa shape index (κ1) is 21.3. The van der Waals surface area contributed by atoms with Crippen molar-refractivity contribution < 1.29 is 13.2 Å². The molecule has 1 fully saturated rings. The van der Waals surface area contributed by atoms with E-state index in [1.165, 1.54) is 4.31 Å². The van der Waals surface area contributed by atoms with Crippen LogP contribution in [0, 0.1) is 12.8 Å². The second-order valence-electron chi connectivity index (χ2n) is 6.77. The van der Waals surface area contributed by atoms with Gasteiger partial charge in [-0.25, -0.2) is 8.42 Å². The number of nitrogens with one attached hydrogen (secondary N) is 3. The van der Waals surface area contributed by atoms with Gasteiger partial charge < -0.3 is 5.32 Å². The predicted octanol–water partition coefficient (Wildman–Crippen LogP) is 1.47. The van der Waals surface area contributed by atoms with Crippen molar-refractivity contribution in [3.63, 3.8) is 0 Å². The highest BCUT2D eigenvalue weighted by Crippen LogP contribution is 2.24. The number of hydrogen-bond donors (Lipinski definition) is 3. The minimum Gasteiger partial charge on any atom is -0.358 e. The van der Waals surface area contributed by atoms with Crippen LogP contribution in [0.2, 0.25) is 0 Å². The lowest BCUT2D eigenvalue weighted by Gasteiger charge is -2.31. The number of amides is 1. The molecule has 1 aliphatic heterocycles. The van der Waals surface area contributed by atoms with Gasteiger partial charge in [0.05, 0.1) is 10.8 Å². The summed E-state index contributed by atoms with van der Waals surface area (Å²) in [6.45, 7) is 8.59. The van der Waals surface area contributed by atoms with Crippen LogP contribution in [0.5, 0.6) is 0 Å². The zero-order chi connectivity index (χ0) is 20.0. The van der Waals surface area contributed by atoms with Gasteiger partial charge in [-0.05, 0) is 51.0 Å². The van der Waals surface area contributed by atoms with E-state index in [1.807, 2.05) is 13.8 Å². The number of benzene rings is 1. The molecule has 0 saturated carbocycles. The van der Waals surface area contributed by atoms with Gasteiger partial charge in [0.15, 0.2) is 5.11 Å². The summed E-state index contributed by atoms with van der Waals surface area (Å²) in [6.07, 6.45) is 1.25. The number of piperidine rings is 1. The Kier molecular flexibility index (Phi) is 7.34. The van der Waals surface area contributed by atoms with Gasteiger partial charge in [-0.3, -0.25) is 15.6 Å². The average molecular weight is 411 g/mol. The first-order valence-corrected chi connectivity index (χ1v) is 10.6. The van der Waals surface area contributed by atoms with Crippen LogP contribution in [0.1, 0.15) is 25.3 Å². The summed E-state index contributed by atoms with van der Waals surface area (Å²) in [4.78, 5) is 12.6. The number of rotatable bonds is 5. The largest absolute Gasteiger partial charge is 0.358 e. The van der Waals surface area contributed by atoms with Crippen molar-refractivity contribution in [2.24, 2.45) is 5.92 Å². The average Bonchev–Trinajstić information content (AvgIpc) is 2.64. The molecule has 0 bridgehead atoms. The Labute approximate surface area is 166 Å². The van der Waals surface area contributed by atoms with Gasteiger partial charge >= 0.3 is 0 Å². The van der Waals surface area contributed by atoms with E-state index in [0.29, 0.717) is 25.9 Å². The number of hydrazine groups is 1. The highest BCUT2D eigenvalue weighted by atomic mass is 32.2. The Hall–Kier alpha value is -1.97. The molecule has 27 heavy (non-hydrogen) atoms. The smallest absolute Gasteiger partial charge is 0.243 e. The zero-order valence-corrected chi connectivity index (χ0v) is 17.3. The Morgan fingerprint density at radius 2 is 1.96 bits per heavy atom. The van der Waals surface area contributed by atoms with Gasteiger partial charge in [0.2, 0.25) is 15.9 Å². The fourth-order valence-electron chi connectivity index (χ4n) is 2.73. The van der Waals surface area contributed by atoms with Crippen LogP contribution in [-0.4, -0.2) is 43.4 Å². The van der Waals surface area contributed by atoms with E-state index in [4.69, 9.17) is 12.2 Å². The molecule has 0 radical (unpaired) electrons. The molecule has 2 rings (SSSR count). The van der Waals surface area contributed by atoms with E-state index >= 15 is 0 Å². The number of nitrogens with zero attached hydrogens (tertiary/aromatic N) is 1. The molecule has 1 atom stereocenters. The summed E-state index contributed by atoms with van der Waals surface area (Å²) in [5, 5.41) is 3.18. The highest BCUT2D eigenvalue weighted by Gasteiger charge is 2.33. The fraction of sp³-hybridized carbons (Fsp3) is 0.444. The first-order valence-electron chi connectivity index (χ1n) is 8.75. The van der Waals surface area contributed by atoms with Crippen molar-refractivity contribution in [1.29, 1.82) is 0 Å². The normalized spacial score (nSPS) is 17.8. The summed E-state index contributed by atoms with van der Waals surface area (Å²) in [6, 6.07) is 6.73. The van der Waals surface area contributed by atoms with Gasteiger partial charge in [0, 0.05) is 19.6 Å². The third kappa shape index (κ3) is 6.02. The van der Waals surface area contributed by atoms with Crippen LogP contribution >= 0.6 is 12.2 Å². The molecule has 3 N–H and O–H groups in total. The molecule has 1 aliphatic rings. The molecular weight excluding hydrogens is 384 g/mol. The first-order chi connectivity index (χ1) is 12.7. The van der Waals surface area contributed by atoms with Crippen molar-refractivity contribution >= 4 is 33.3 Å². The second-order valence-corrected chi connectivity index (χ2v) is 9.12. The van der Waals surface area contributed by atoms with Crippen molar-refractivity contribution in [3.05, 3.63) is 42.0 Å². The van der Waals surface area contributed by atoms with Crippen molar-refractivity contribution in [1.82, 2.24) is 20.5 Å². The third-order valence-corrected chi connectivity index (χ3v) is 6.39. The minimum atomic E-state index is -3.61. The Morgan fingerprint density at radius 3 is 2.59 bits per heavy atom. The molecule has 1 aromatic rings. The molecule has 1 saturated heterocycles. The number of carbonyl (C=O) groups is 1. The van der Waals surface area contributed by atoms with E-state index in [9.17, 15) is 13.2 Å². The van der Waals surface area contributed by atoms with Crippen LogP contribution in [0.3, 0.4) is 0 Å². The van der Waals surface area contributed by atoms with Crippen molar-refractivity contribution in [2.45, 2.75) is 31.6 Å². The molecule has 1 aromatic carbocycles. The fourth-order valence-corrected chi connectivity index (χ4v) is 4.38. The van der Waals surface area contributed by atoms with Crippen LogP contribution in [0.15, 0.2) is 41.3 Å². The Bertz CT molecular complexity index is 806. The summed E-state index contributed by atoms with van der Waals surface area (Å²) in [5.41, 5.74) is 7.09. The number of sulfonamides is 1. The molecule has 0 unspecified atom stereocenters. The van der Waals surface area contributed by atoms with E-state index in [0.717, 1.165) is 11.1 Å². The van der Waals surface area contributed by atoms with E-state index in [-0.39, 0.29) is 22.5 Å². The maximum Gasteiger partial charge on any atom is 0.243 e. The Balaban J connectivity index is 1.94. The number of thiocarbonyl (C=S) groups is 1. The lowest BCUT2D eigenvalue weighted by molar-refractivity contribution is -0.126. The second kappa shape index (κ2) is 9.29. The van der Waals surface area contributed by atoms with Crippen LogP contribution < -0.4 is 16.2 Å². The predicted molar refractivity (Wildman–Crippen MR) is 109 cm³/mol. The number of aryl methyl sites for hydroxylation is 1. The van der Waals surface area contributed by atoms with Crippen LogP contribution in [0.25, 0.3) is 0 Å². The lowest BCUT2D eigenvalue weighted by atomic mass is 9.99. The molecule has 0 spiro atoms. The zero-order valence-electron chi connectivity index (χ0n) is 15.6. The van der Waals surface area contributed by atoms with Gasteiger partial charge in [-0.2, -0.15) is 4.31 Å². The molecule has 148 valence electrons. The maximum atomic E-state index is 12.8. The third-order valence-electron chi connectivity index (χ3n) is 4.26. The summed E-state index contributed by atoms with van der Waals surface area (Å²) in [5.74, 6) is -0.714. The standard InChI is InChI=1S/C18H26N4O3S2/c1-13(2)11-19-18(26)21-20-17(23)15-5-4-10-22(12-15)27(24,25)16-8-6-14(3)7-9-16/h6-9,15H,1,4-5,10-12H2,2-3H3,(H,20,23)(H2,19,21,26)/t15-/m0/s1. The lowest BCUT2D eigenvalue weighted by Crippen LogP contribution is -2.52. The maximum absolute atomic E-state index is 12.8. The van der Waals surface area contributed by atoms with Crippen molar-refractivity contribution in [2.75, 3.05) is 19.6 Å². The summed E-state index contributed by atoms with van der Waals surface area (Å²) < 4.78 is 27.0.